The number of benzene rings is 2. The van der Waals surface area contributed by atoms with Crippen molar-refractivity contribution in [3.63, 3.8) is 0 Å². The van der Waals surface area contributed by atoms with Crippen LogP contribution in [0, 0.1) is 12.3 Å². The van der Waals surface area contributed by atoms with Gasteiger partial charge in [-0.25, -0.2) is 0 Å². The topological polar surface area (TPSA) is 91.2 Å². The average molecular weight is 368 g/mol. The van der Waals surface area contributed by atoms with Gasteiger partial charge in [-0.2, -0.15) is 0 Å². The van der Waals surface area contributed by atoms with Gasteiger partial charge in [-0.1, -0.05) is 26.0 Å². The Morgan fingerprint density at radius 1 is 1.19 bits per heavy atom. The maximum absolute atomic E-state index is 7.44. The Hall–Kier alpha value is -2.53. The largest absolute Gasteiger partial charge is 0.399 e. The van der Waals surface area contributed by atoms with Crippen molar-refractivity contribution < 1.29 is 0 Å². The normalized spacial score (nSPS) is 16.9. The van der Waals surface area contributed by atoms with Crippen molar-refractivity contribution in [2.45, 2.75) is 46.2 Å². The van der Waals surface area contributed by atoms with E-state index in [1.807, 2.05) is 44.2 Å². The van der Waals surface area contributed by atoms with E-state index in [1.54, 1.807) is 0 Å². The second-order valence-electron chi connectivity index (χ2n) is 6.84. The van der Waals surface area contributed by atoms with E-state index in [0.29, 0.717) is 11.7 Å². The standard InChI is InChI=1S/C20H27N5.C2H6/c1-14-15(4-2-6-19(14)22)12-25-9-3-5-18(13-25)24-17-7-8-20(23)16(10-17)11-21;1-2/h2,4,6-8,10-11,18,21,24H,3,5,9,12-13,22-23H2,1H3;1-2H3/t18-;/m0./s1. The molecule has 1 atom stereocenters. The molecule has 0 spiro atoms. The Labute approximate surface area is 163 Å². The molecule has 1 fully saturated rings. The number of anilines is 3. The first-order valence-electron chi connectivity index (χ1n) is 9.79. The van der Waals surface area contributed by atoms with Crippen LogP contribution in [0.15, 0.2) is 36.4 Å². The number of piperidine rings is 1. The highest BCUT2D eigenvalue weighted by atomic mass is 15.2. The molecule has 6 N–H and O–H groups in total. The predicted octanol–water partition coefficient (Wildman–Crippen LogP) is 4.26. The average Bonchev–Trinajstić information content (AvgIpc) is 2.69. The van der Waals surface area contributed by atoms with Gasteiger partial charge in [-0.05, 0) is 61.7 Å². The summed E-state index contributed by atoms with van der Waals surface area (Å²) in [7, 11) is 0. The third kappa shape index (κ3) is 5.47. The Kier molecular flexibility index (Phi) is 7.67. The zero-order valence-corrected chi connectivity index (χ0v) is 16.8. The molecule has 1 aliphatic heterocycles. The summed E-state index contributed by atoms with van der Waals surface area (Å²) in [6.45, 7) is 9.14. The van der Waals surface area contributed by atoms with E-state index in [0.717, 1.165) is 43.0 Å². The second kappa shape index (κ2) is 9.97. The first-order valence-corrected chi connectivity index (χ1v) is 9.79. The summed E-state index contributed by atoms with van der Waals surface area (Å²) < 4.78 is 0. The molecule has 3 rings (SSSR count). The molecule has 5 nitrogen and oxygen atoms in total. The van der Waals surface area contributed by atoms with E-state index in [-0.39, 0.29) is 0 Å². The molecule has 2 aromatic rings. The lowest BCUT2D eigenvalue weighted by Crippen LogP contribution is -2.41. The van der Waals surface area contributed by atoms with E-state index in [2.05, 4.69) is 23.2 Å². The van der Waals surface area contributed by atoms with Crippen LogP contribution in [0.4, 0.5) is 17.1 Å². The molecule has 0 bridgehead atoms. The maximum atomic E-state index is 7.44. The van der Waals surface area contributed by atoms with Crippen molar-refractivity contribution in [1.29, 1.82) is 5.41 Å². The van der Waals surface area contributed by atoms with Gasteiger partial charge in [0.1, 0.15) is 0 Å². The van der Waals surface area contributed by atoms with Crippen LogP contribution in [0.3, 0.4) is 0 Å². The molecule has 27 heavy (non-hydrogen) atoms. The van der Waals surface area contributed by atoms with Crippen LogP contribution < -0.4 is 16.8 Å². The van der Waals surface area contributed by atoms with Gasteiger partial charge in [-0.3, -0.25) is 4.90 Å². The lowest BCUT2D eigenvalue weighted by molar-refractivity contribution is 0.208. The van der Waals surface area contributed by atoms with Crippen LogP contribution in [0.5, 0.6) is 0 Å². The number of nitrogens with zero attached hydrogens (tertiary/aromatic N) is 1. The van der Waals surface area contributed by atoms with E-state index >= 15 is 0 Å². The molecular formula is C22H33N5. The van der Waals surface area contributed by atoms with Gasteiger partial charge in [0, 0.05) is 48.0 Å². The van der Waals surface area contributed by atoms with Crippen LogP contribution >= 0.6 is 0 Å². The summed E-state index contributed by atoms with van der Waals surface area (Å²) in [5.41, 5.74) is 17.7. The third-order valence-corrected chi connectivity index (χ3v) is 5.00. The molecule has 146 valence electrons. The van der Waals surface area contributed by atoms with E-state index in [1.165, 1.54) is 23.8 Å². The van der Waals surface area contributed by atoms with Gasteiger partial charge in [0.05, 0.1) is 0 Å². The van der Waals surface area contributed by atoms with Gasteiger partial charge < -0.3 is 22.2 Å². The third-order valence-electron chi connectivity index (χ3n) is 5.00. The summed E-state index contributed by atoms with van der Waals surface area (Å²) in [6.07, 6.45) is 3.62. The number of likely N-dealkylation sites (tertiary alicyclic amines) is 1. The number of hydrogen-bond acceptors (Lipinski definition) is 5. The minimum atomic E-state index is 0.400. The fourth-order valence-corrected chi connectivity index (χ4v) is 3.46. The van der Waals surface area contributed by atoms with Crippen molar-refractivity contribution in [1.82, 2.24) is 4.90 Å². The van der Waals surface area contributed by atoms with Crippen LogP contribution in [-0.4, -0.2) is 30.2 Å². The van der Waals surface area contributed by atoms with Crippen molar-refractivity contribution in [3.05, 3.63) is 53.1 Å². The fraction of sp³-hybridized carbons (Fsp3) is 0.409. The molecule has 0 aromatic heterocycles. The highest BCUT2D eigenvalue weighted by Crippen LogP contribution is 2.22. The first-order chi connectivity index (χ1) is 13.1. The number of rotatable bonds is 5. The minimum absolute atomic E-state index is 0.400. The van der Waals surface area contributed by atoms with Crippen molar-refractivity contribution in [2.24, 2.45) is 0 Å². The minimum Gasteiger partial charge on any atom is -0.399 e. The van der Waals surface area contributed by atoms with Gasteiger partial charge in [0.15, 0.2) is 0 Å². The molecule has 1 saturated heterocycles. The Morgan fingerprint density at radius 2 is 1.96 bits per heavy atom. The molecule has 1 heterocycles. The monoisotopic (exact) mass is 367 g/mol. The summed E-state index contributed by atoms with van der Waals surface area (Å²) in [5.74, 6) is 0. The van der Waals surface area contributed by atoms with Crippen LogP contribution in [-0.2, 0) is 6.54 Å². The summed E-state index contributed by atoms with van der Waals surface area (Å²) in [4.78, 5) is 2.48. The molecule has 5 heteroatoms. The first kappa shape index (κ1) is 20.8. The Bertz CT molecular complexity index is 756. The van der Waals surface area contributed by atoms with Gasteiger partial charge in [0.25, 0.3) is 0 Å². The smallest absolute Gasteiger partial charge is 0.0404 e. The molecule has 1 aliphatic rings. The van der Waals surface area contributed by atoms with Gasteiger partial charge >= 0.3 is 0 Å². The van der Waals surface area contributed by atoms with E-state index < -0.39 is 0 Å². The quantitative estimate of drug-likeness (QED) is 0.469. The lowest BCUT2D eigenvalue weighted by atomic mass is 10.0. The summed E-state index contributed by atoms with van der Waals surface area (Å²) in [5, 5.41) is 11.0. The number of nitrogen functional groups attached to an aromatic ring is 2. The molecule has 2 aromatic carbocycles. The van der Waals surface area contributed by atoms with E-state index in [4.69, 9.17) is 16.9 Å². The molecule has 0 unspecified atom stereocenters. The highest BCUT2D eigenvalue weighted by molar-refractivity contribution is 5.86. The highest BCUT2D eigenvalue weighted by Gasteiger charge is 2.20. The van der Waals surface area contributed by atoms with Gasteiger partial charge in [-0.15, -0.1) is 0 Å². The number of nitrogens with one attached hydrogen (secondary N) is 2. The predicted molar refractivity (Wildman–Crippen MR) is 118 cm³/mol. The van der Waals surface area contributed by atoms with Crippen LogP contribution in [0.1, 0.15) is 43.4 Å². The maximum Gasteiger partial charge on any atom is 0.0404 e. The summed E-state index contributed by atoms with van der Waals surface area (Å²) >= 11 is 0. The number of hydrogen-bond donors (Lipinski definition) is 4. The van der Waals surface area contributed by atoms with Crippen molar-refractivity contribution in [2.75, 3.05) is 29.9 Å². The zero-order chi connectivity index (χ0) is 19.8. The molecule has 0 radical (unpaired) electrons. The fourth-order valence-electron chi connectivity index (χ4n) is 3.46. The Morgan fingerprint density at radius 3 is 2.70 bits per heavy atom. The van der Waals surface area contributed by atoms with Crippen LogP contribution in [0.2, 0.25) is 0 Å². The Balaban J connectivity index is 0.00000126. The second-order valence-corrected chi connectivity index (χ2v) is 6.84. The zero-order valence-electron chi connectivity index (χ0n) is 16.8. The molecule has 0 amide bonds. The SMILES string of the molecule is CC.Cc1c(N)cccc1CN1CCC[C@H](Nc2ccc(N)c(C=N)c2)C1. The van der Waals surface area contributed by atoms with E-state index in [9.17, 15) is 0 Å². The number of nitrogens with two attached hydrogens (primary N) is 2. The lowest BCUT2D eigenvalue weighted by Gasteiger charge is -2.34. The van der Waals surface area contributed by atoms with Crippen LogP contribution in [0.25, 0.3) is 0 Å². The van der Waals surface area contributed by atoms with Gasteiger partial charge in [0.2, 0.25) is 0 Å². The van der Waals surface area contributed by atoms with Crippen molar-refractivity contribution in [3.8, 4) is 0 Å². The molecular weight excluding hydrogens is 334 g/mol. The molecule has 0 aliphatic carbocycles. The molecule has 0 saturated carbocycles. The van der Waals surface area contributed by atoms with Crippen molar-refractivity contribution >= 4 is 23.3 Å². The summed E-state index contributed by atoms with van der Waals surface area (Å²) in [6, 6.07) is 12.4.